The Labute approximate surface area is 123 Å². The molecule has 0 atom stereocenters. The van der Waals surface area contributed by atoms with Crippen molar-refractivity contribution in [2.24, 2.45) is 5.73 Å². The number of hydrogen-bond acceptors (Lipinski definition) is 4. The van der Waals surface area contributed by atoms with E-state index in [0.717, 1.165) is 49.8 Å². The van der Waals surface area contributed by atoms with Crippen LogP contribution in [-0.4, -0.2) is 42.5 Å². The van der Waals surface area contributed by atoms with Gasteiger partial charge in [-0.15, -0.1) is 0 Å². The molecule has 0 saturated heterocycles. The minimum Gasteiger partial charge on any atom is -0.465 e. The van der Waals surface area contributed by atoms with E-state index in [4.69, 9.17) is 10.2 Å². The predicted molar refractivity (Wildman–Crippen MR) is 84.7 cm³/mol. The van der Waals surface area contributed by atoms with Crippen LogP contribution in [0.25, 0.3) is 0 Å². The Morgan fingerprint density at radius 3 is 2.15 bits per heavy atom. The third-order valence-corrected chi connectivity index (χ3v) is 3.96. The van der Waals surface area contributed by atoms with Crippen molar-refractivity contribution in [1.82, 2.24) is 9.80 Å². The van der Waals surface area contributed by atoms with Crippen LogP contribution in [0.15, 0.2) is 10.5 Å². The molecular formula is C16H31N3O. The Morgan fingerprint density at radius 1 is 1.05 bits per heavy atom. The van der Waals surface area contributed by atoms with Crippen molar-refractivity contribution in [2.45, 2.75) is 47.2 Å². The van der Waals surface area contributed by atoms with E-state index >= 15 is 0 Å². The van der Waals surface area contributed by atoms with Crippen molar-refractivity contribution in [3.8, 4) is 0 Å². The molecule has 4 heteroatoms. The minimum atomic E-state index is 0.559. The van der Waals surface area contributed by atoms with E-state index in [1.165, 1.54) is 13.0 Å². The van der Waals surface area contributed by atoms with Gasteiger partial charge in [0.05, 0.1) is 6.54 Å². The molecule has 0 spiro atoms. The molecule has 116 valence electrons. The highest BCUT2D eigenvalue weighted by Crippen LogP contribution is 2.15. The van der Waals surface area contributed by atoms with E-state index in [9.17, 15) is 0 Å². The molecule has 0 radical (unpaired) electrons. The second-order valence-electron chi connectivity index (χ2n) is 5.25. The fourth-order valence-corrected chi connectivity index (χ4v) is 2.50. The third-order valence-electron chi connectivity index (χ3n) is 3.96. The summed E-state index contributed by atoms with van der Waals surface area (Å²) < 4.78 is 5.78. The molecule has 0 aliphatic rings. The normalized spacial score (nSPS) is 11.8. The molecule has 1 aromatic heterocycles. The van der Waals surface area contributed by atoms with Crippen LogP contribution in [0.4, 0.5) is 0 Å². The molecule has 0 saturated carbocycles. The fraction of sp³-hybridized carbons (Fsp3) is 0.750. The van der Waals surface area contributed by atoms with Crippen molar-refractivity contribution in [3.05, 3.63) is 23.2 Å². The number of aryl methyl sites for hydroxylation is 1. The van der Waals surface area contributed by atoms with Crippen LogP contribution in [0.2, 0.25) is 0 Å². The molecule has 0 aliphatic carbocycles. The van der Waals surface area contributed by atoms with E-state index < -0.39 is 0 Å². The Hall–Kier alpha value is -0.840. The lowest BCUT2D eigenvalue weighted by molar-refractivity contribution is 0.225. The van der Waals surface area contributed by atoms with E-state index in [2.05, 4.69) is 36.6 Å². The van der Waals surface area contributed by atoms with Crippen LogP contribution in [-0.2, 0) is 13.1 Å². The largest absolute Gasteiger partial charge is 0.465 e. The van der Waals surface area contributed by atoms with Gasteiger partial charge in [0.15, 0.2) is 0 Å². The second kappa shape index (κ2) is 9.16. The van der Waals surface area contributed by atoms with Gasteiger partial charge < -0.3 is 15.1 Å². The van der Waals surface area contributed by atoms with E-state index in [0.29, 0.717) is 6.54 Å². The van der Waals surface area contributed by atoms with E-state index in [-0.39, 0.29) is 0 Å². The fourth-order valence-electron chi connectivity index (χ4n) is 2.50. The monoisotopic (exact) mass is 281 g/mol. The summed E-state index contributed by atoms with van der Waals surface area (Å²) in [5.74, 6) is 1.99. The summed E-state index contributed by atoms with van der Waals surface area (Å²) in [7, 11) is 0. The van der Waals surface area contributed by atoms with Crippen LogP contribution in [0.3, 0.4) is 0 Å². The second-order valence-corrected chi connectivity index (χ2v) is 5.25. The lowest BCUT2D eigenvalue weighted by Crippen LogP contribution is -2.29. The van der Waals surface area contributed by atoms with Gasteiger partial charge in [0, 0.05) is 12.1 Å². The molecule has 1 heterocycles. The average molecular weight is 281 g/mol. The van der Waals surface area contributed by atoms with Gasteiger partial charge in [-0.05, 0) is 52.1 Å². The lowest BCUT2D eigenvalue weighted by Gasteiger charge is -2.22. The van der Waals surface area contributed by atoms with Crippen LogP contribution >= 0.6 is 0 Å². The van der Waals surface area contributed by atoms with Gasteiger partial charge in [0.25, 0.3) is 0 Å². The van der Waals surface area contributed by atoms with Gasteiger partial charge in [0.1, 0.15) is 11.5 Å². The number of nitrogens with two attached hydrogens (primary N) is 1. The molecule has 2 N–H and O–H groups in total. The first-order valence-electron chi connectivity index (χ1n) is 7.87. The zero-order valence-electron chi connectivity index (χ0n) is 13.6. The van der Waals surface area contributed by atoms with Gasteiger partial charge in [-0.1, -0.05) is 20.8 Å². The average Bonchev–Trinajstić information content (AvgIpc) is 2.82. The van der Waals surface area contributed by atoms with Gasteiger partial charge in [-0.3, -0.25) is 4.90 Å². The smallest absolute Gasteiger partial charge is 0.118 e. The summed E-state index contributed by atoms with van der Waals surface area (Å²) in [5, 5.41) is 0. The number of furan rings is 1. The molecule has 0 fully saturated rings. The van der Waals surface area contributed by atoms with E-state index in [1.807, 2.05) is 6.92 Å². The molecule has 1 rings (SSSR count). The quantitative estimate of drug-likeness (QED) is 0.716. The Balaban J connectivity index is 2.42. The van der Waals surface area contributed by atoms with Crippen LogP contribution in [0.1, 0.15) is 44.3 Å². The summed E-state index contributed by atoms with van der Waals surface area (Å²) in [6.45, 7) is 15.7. The van der Waals surface area contributed by atoms with Gasteiger partial charge in [0.2, 0.25) is 0 Å². The predicted octanol–water partition coefficient (Wildman–Crippen LogP) is 2.60. The first kappa shape index (κ1) is 17.2. The van der Waals surface area contributed by atoms with Gasteiger partial charge in [-0.25, -0.2) is 0 Å². The highest BCUT2D eigenvalue weighted by molar-refractivity contribution is 5.20. The van der Waals surface area contributed by atoms with Crippen molar-refractivity contribution in [1.29, 1.82) is 0 Å². The lowest BCUT2D eigenvalue weighted by atomic mass is 10.2. The molecule has 0 aliphatic heterocycles. The van der Waals surface area contributed by atoms with Crippen LogP contribution in [0.5, 0.6) is 0 Å². The van der Waals surface area contributed by atoms with Crippen molar-refractivity contribution >= 4 is 0 Å². The number of hydrogen-bond donors (Lipinski definition) is 1. The SMILES string of the molecule is CCN(CC)CCCN(CC)Cc1cc(CN)c(C)o1. The molecule has 4 nitrogen and oxygen atoms in total. The summed E-state index contributed by atoms with van der Waals surface area (Å²) in [5.41, 5.74) is 6.82. The topological polar surface area (TPSA) is 45.6 Å². The first-order chi connectivity index (χ1) is 9.64. The standard InChI is InChI=1S/C16H31N3O/c1-5-18(6-2)9-8-10-19(7-3)13-16-11-15(12-17)14(4)20-16/h11H,5-10,12-13,17H2,1-4H3. The van der Waals surface area contributed by atoms with Crippen LogP contribution in [0, 0.1) is 6.92 Å². The number of nitrogens with zero attached hydrogens (tertiary/aromatic N) is 2. The number of rotatable bonds is 10. The Morgan fingerprint density at radius 2 is 1.65 bits per heavy atom. The molecule has 0 aromatic carbocycles. The molecule has 0 unspecified atom stereocenters. The zero-order valence-corrected chi connectivity index (χ0v) is 13.6. The summed E-state index contributed by atoms with van der Waals surface area (Å²) in [6, 6.07) is 2.10. The molecular weight excluding hydrogens is 250 g/mol. The maximum Gasteiger partial charge on any atom is 0.118 e. The van der Waals surface area contributed by atoms with Gasteiger partial charge >= 0.3 is 0 Å². The highest BCUT2D eigenvalue weighted by Gasteiger charge is 2.10. The Kier molecular flexibility index (Phi) is 7.88. The van der Waals surface area contributed by atoms with E-state index in [1.54, 1.807) is 0 Å². The molecule has 0 amide bonds. The molecule has 20 heavy (non-hydrogen) atoms. The van der Waals surface area contributed by atoms with Crippen molar-refractivity contribution in [3.63, 3.8) is 0 Å². The summed E-state index contributed by atoms with van der Waals surface area (Å²) in [4.78, 5) is 4.90. The zero-order chi connectivity index (χ0) is 15.0. The first-order valence-corrected chi connectivity index (χ1v) is 7.87. The maximum atomic E-state index is 5.78. The maximum absolute atomic E-state index is 5.78. The van der Waals surface area contributed by atoms with Crippen LogP contribution < -0.4 is 5.73 Å². The summed E-state index contributed by atoms with van der Waals surface area (Å²) in [6.07, 6.45) is 1.21. The summed E-state index contributed by atoms with van der Waals surface area (Å²) >= 11 is 0. The molecule has 1 aromatic rings. The van der Waals surface area contributed by atoms with Crippen molar-refractivity contribution < 1.29 is 4.42 Å². The van der Waals surface area contributed by atoms with Gasteiger partial charge in [-0.2, -0.15) is 0 Å². The molecule has 0 bridgehead atoms. The minimum absolute atomic E-state index is 0.559. The van der Waals surface area contributed by atoms with Crippen molar-refractivity contribution in [2.75, 3.05) is 32.7 Å². The third kappa shape index (κ3) is 5.27. The Bertz CT molecular complexity index is 372. The highest BCUT2D eigenvalue weighted by atomic mass is 16.3.